The summed E-state index contributed by atoms with van der Waals surface area (Å²) in [4.78, 5) is 23.3. The molecule has 4 unspecified atom stereocenters. The van der Waals surface area contributed by atoms with E-state index >= 15 is 0 Å². The van der Waals surface area contributed by atoms with Crippen molar-refractivity contribution in [1.82, 2.24) is 5.53 Å². The number of nitrogens with zero attached hydrogens (tertiary/aromatic N) is 2. The molecular weight excluding hydrogens is 448 g/mol. The summed E-state index contributed by atoms with van der Waals surface area (Å²) in [5, 5.41) is 10.8. The number of nitro groups is 1. The number of ether oxygens (including phenoxy) is 5. The molecule has 2 heterocycles. The molecule has 2 aliphatic rings. The number of hydrazine groups is 2. The molecule has 0 radical (unpaired) electrons. The van der Waals surface area contributed by atoms with E-state index in [1.807, 2.05) is 24.3 Å². The van der Waals surface area contributed by atoms with Gasteiger partial charge in [0.25, 0.3) is 12.2 Å². The Labute approximate surface area is 195 Å². The molecule has 0 amide bonds. The Bertz CT molecular complexity index is 1010. The maximum atomic E-state index is 12.5. The lowest BCUT2D eigenvalue weighted by molar-refractivity contribution is -0.611. The van der Waals surface area contributed by atoms with Gasteiger partial charge in [-0.3, -0.25) is 10.1 Å². The van der Waals surface area contributed by atoms with Crippen molar-refractivity contribution in [2.24, 2.45) is 0 Å². The minimum atomic E-state index is -0.824. The molecule has 4 rings (SSSR count). The summed E-state index contributed by atoms with van der Waals surface area (Å²) in [6.07, 6.45) is -2.33. The monoisotopic (exact) mass is 475 g/mol. The highest BCUT2D eigenvalue weighted by atomic mass is 16.8. The van der Waals surface area contributed by atoms with Crippen molar-refractivity contribution in [1.29, 1.82) is 0 Å². The highest BCUT2D eigenvalue weighted by molar-refractivity contribution is 5.47. The van der Waals surface area contributed by atoms with Crippen LogP contribution in [-0.4, -0.2) is 53.8 Å². The molecule has 0 aliphatic carbocycles. The quantitative estimate of drug-likeness (QED) is 0.300. The van der Waals surface area contributed by atoms with Gasteiger partial charge in [-0.15, -0.1) is 0 Å². The smallest absolute Gasteiger partial charge is 0.269 e. The minimum Gasteiger partial charge on any atom is -0.497 e. The van der Waals surface area contributed by atoms with E-state index in [1.165, 1.54) is 24.3 Å². The van der Waals surface area contributed by atoms with Gasteiger partial charge in [0.2, 0.25) is 0 Å². The zero-order chi connectivity index (χ0) is 24.3. The molecule has 2 fully saturated rings. The number of hydrogen-bond donors (Lipinski definition) is 2. The van der Waals surface area contributed by atoms with Crippen LogP contribution >= 0.6 is 0 Å². The Kier molecular flexibility index (Phi) is 6.93. The second kappa shape index (κ2) is 9.89. The molecule has 4 atom stereocenters. The van der Waals surface area contributed by atoms with Crippen LogP contribution in [0, 0.1) is 15.0 Å². The summed E-state index contributed by atoms with van der Waals surface area (Å²) in [5.74, 6) is -0.0803. The molecular formula is C22H27N4O8+. The van der Waals surface area contributed by atoms with Crippen molar-refractivity contribution in [2.45, 2.75) is 50.8 Å². The Morgan fingerprint density at radius 1 is 1.06 bits per heavy atom. The number of fused-ring (bicyclic) bond motifs is 1. The third-order valence-electron chi connectivity index (χ3n) is 5.44. The number of hydrogen-bond acceptors (Lipinski definition) is 9. The number of methoxy groups -OCH3 is 1. The second-order valence-corrected chi connectivity index (χ2v) is 8.37. The Morgan fingerprint density at radius 2 is 1.76 bits per heavy atom. The van der Waals surface area contributed by atoms with Crippen LogP contribution in [-0.2, 0) is 25.6 Å². The number of anilines is 1. The van der Waals surface area contributed by atoms with Crippen LogP contribution in [0.4, 0.5) is 11.4 Å². The van der Waals surface area contributed by atoms with Gasteiger partial charge in [0.1, 0.15) is 22.8 Å². The molecule has 0 aromatic heterocycles. The van der Waals surface area contributed by atoms with Crippen LogP contribution in [0.15, 0.2) is 48.5 Å². The molecule has 2 saturated heterocycles. The molecule has 0 saturated carbocycles. The number of non-ortho nitro benzene ring substituents is 1. The number of nitro benzene ring substituents is 1. The normalized spacial score (nSPS) is 24.9. The van der Waals surface area contributed by atoms with Crippen LogP contribution in [0.1, 0.15) is 19.4 Å². The van der Waals surface area contributed by atoms with E-state index in [9.17, 15) is 15.0 Å². The van der Waals surface area contributed by atoms with Crippen LogP contribution < -0.4 is 15.7 Å². The molecule has 12 heteroatoms. The second-order valence-electron chi connectivity index (χ2n) is 8.37. The van der Waals surface area contributed by atoms with Crippen molar-refractivity contribution in [3.63, 3.8) is 0 Å². The lowest BCUT2D eigenvalue weighted by Crippen LogP contribution is -2.44. The van der Waals surface area contributed by atoms with Crippen molar-refractivity contribution in [3.8, 4) is 5.75 Å². The van der Waals surface area contributed by atoms with Crippen LogP contribution in [0.3, 0.4) is 0 Å². The van der Waals surface area contributed by atoms with Gasteiger partial charge in [0, 0.05) is 12.1 Å². The fourth-order valence-corrected chi connectivity index (χ4v) is 3.81. The topological polar surface area (TPSA) is 133 Å². The Balaban J connectivity index is 1.36. The molecule has 2 aliphatic heterocycles. The molecule has 2 aromatic rings. The van der Waals surface area contributed by atoms with Gasteiger partial charge < -0.3 is 23.7 Å². The van der Waals surface area contributed by atoms with Crippen molar-refractivity contribution < 1.29 is 33.5 Å². The van der Waals surface area contributed by atoms with Crippen LogP contribution in [0.25, 0.3) is 0 Å². The summed E-state index contributed by atoms with van der Waals surface area (Å²) < 4.78 is 29.0. The van der Waals surface area contributed by atoms with Gasteiger partial charge in [-0.2, -0.15) is 0 Å². The van der Waals surface area contributed by atoms with E-state index in [0.717, 1.165) is 11.3 Å². The highest BCUT2D eigenvalue weighted by Crippen LogP contribution is 2.39. The summed E-state index contributed by atoms with van der Waals surface area (Å²) in [6.45, 7) is 3.78. The predicted molar refractivity (Wildman–Crippen MR) is 119 cm³/mol. The van der Waals surface area contributed by atoms with E-state index in [0.29, 0.717) is 10.6 Å². The lowest BCUT2D eigenvalue weighted by Gasteiger charge is -2.24. The molecule has 2 N–H and O–H groups in total. The fraction of sp³-hybridized carbons (Fsp3) is 0.455. The average Bonchev–Trinajstić information content (AvgIpc) is 3.27. The lowest BCUT2D eigenvalue weighted by atomic mass is 10.1. The summed E-state index contributed by atoms with van der Waals surface area (Å²) >= 11 is 0. The molecule has 0 bridgehead atoms. The third kappa shape index (κ3) is 5.59. The summed E-state index contributed by atoms with van der Waals surface area (Å²) in [6, 6.07) is 13.1. The maximum Gasteiger partial charge on any atom is 0.269 e. The van der Waals surface area contributed by atoms with Crippen LogP contribution in [0.5, 0.6) is 5.75 Å². The largest absolute Gasteiger partial charge is 0.497 e. The molecule has 182 valence electrons. The number of nitroso groups, excluding NO2 is 1. The first-order valence-electron chi connectivity index (χ1n) is 10.7. The standard InChI is InChI=1S/C22H27N4O8/c1-22(2)33-20-19(31-13-14-4-10-17(30-3)11-5-14)18(32-21(20)34-22)12-25(27)24-23-15-6-8-16(9-7-15)26(28)29/h4-11,18-21,23H,12-13H2,1-3H3,(H,24,27)/q+1. The van der Waals surface area contributed by atoms with Gasteiger partial charge in [0.15, 0.2) is 18.2 Å². The van der Waals surface area contributed by atoms with E-state index in [-0.39, 0.29) is 18.8 Å². The van der Waals surface area contributed by atoms with E-state index < -0.39 is 35.3 Å². The van der Waals surface area contributed by atoms with Gasteiger partial charge >= 0.3 is 0 Å². The van der Waals surface area contributed by atoms with Gasteiger partial charge in [-0.1, -0.05) is 17.7 Å². The zero-order valence-electron chi connectivity index (χ0n) is 19.0. The highest BCUT2D eigenvalue weighted by Gasteiger charge is 2.57. The first kappa shape index (κ1) is 23.8. The molecule has 0 spiro atoms. The van der Waals surface area contributed by atoms with Gasteiger partial charge in [-0.05, 0) is 43.7 Å². The van der Waals surface area contributed by atoms with Crippen LogP contribution in [0.2, 0.25) is 0 Å². The molecule has 12 nitrogen and oxygen atoms in total. The Morgan fingerprint density at radius 3 is 2.41 bits per heavy atom. The summed E-state index contributed by atoms with van der Waals surface area (Å²) in [7, 11) is 1.60. The maximum absolute atomic E-state index is 12.5. The number of rotatable bonds is 10. The number of benzene rings is 2. The average molecular weight is 475 g/mol. The first-order chi connectivity index (χ1) is 16.2. The van der Waals surface area contributed by atoms with Gasteiger partial charge in [0.05, 0.1) is 29.2 Å². The summed E-state index contributed by atoms with van der Waals surface area (Å²) in [5.41, 5.74) is 6.56. The molecule has 34 heavy (non-hydrogen) atoms. The number of nitrogens with one attached hydrogen (secondary N) is 2. The minimum absolute atomic E-state index is 0.0461. The predicted octanol–water partition coefficient (Wildman–Crippen LogP) is 2.68. The first-order valence-corrected chi connectivity index (χ1v) is 10.7. The van der Waals surface area contributed by atoms with E-state index in [2.05, 4.69) is 11.0 Å². The third-order valence-corrected chi connectivity index (χ3v) is 5.44. The van der Waals surface area contributed by atoms with Gasteiger partial charge in [-0.25, -0.2) is 5.43 Å². The zero-order valence-corrected chi connectivity index (χ0v) is 19.0. The molecule has 2 aromatic carbocycles. The van der Waals surface area contributed by atoms with Crippen molar-refractivity contribution >= 4 is 11.4 Å². The Hall–Kier alpha value is -3.32. The fourth-order valence-electron chi connectivity index (χ4n) is 3.81. The SMILES string of the molecule is COc1ccc(COC2C(C[N+](=O)NNc3ccc([N+](=O)[O-])cc3)OC3OC(C)(C)OC32)cc1. The van der Waals surface area contributed by atoms with E-state index in [1.54, 1.807) is 21.0 Å². The van der Waals surface area contributed by atoms with Crippen molar-refractivity contribution in [2.75, 3.05) is 19.1 Å². The van der Waals surface area contributed by atoms with Crippen molar-refractivity contribution in [3.05, 3.63) is 69.1 Å². The van der Waals surface area contributed by atoms with E-state index in [4.69, 9.17) is 23.7 Å².